The summed E-state index contributed by atoms with van der Waals surface area (Å²) in [7, 11) is -3.69. The summed E-state index contributed by atoms with van der Waals surface area (Å²) in [5.41, 5.74) is 0.835. The van der Waals surface area contributed by atoms with Crippen LogP contribution in [0.2, 0.25) is 0 Å². The first-order valence-electron chi connectivity index (χ1n) is 6.02. The average molecular weight is 330 g/mol. The highest BCUT2D eigenvalue weighted by Gasteiger charge is 2.16. The van der Waals surface area contributed by atoms with Crippen LogP contribution in [0.15, 0.2) is 22.7 Å². The number of rotatable bonds is 7. The van der Waals surface area contributed by atoms with Crippen LogP contribution in [0.4, 0.5) is 0 Å². The highest BCUT2D eigenvalue weighted by atomic mass is 32.2. The van der Waals surface area contributed by atoms with Crippen molar-refractivity contribution in [2.45, 2.75) is 24.8 Å². The molecule has 0 spiro atoms. The number of aromatic nitrogens is 3. The molecule has 0 aliphatic heterocycles. The van der Waals surface area contributed by atoms with Crippen LogP contribution in [-0.4, -0.2) is 40.8 Å². The van der Waals surface area contributed by atoms with E-state index in [1.165, 1.54) is 17.5 Å². The van der Waals surface area contributed by atoms with E-state index in [0.717, 1.165) is 21.6 Å². The van der Waals surface area contributed by atoms with Crippen molar-refractivity contribution in [2.75, 3.05) is 6.54 Å². The van der Waals surface area contributed by atoms with Gasteiger partial charge in [-0.15, -0.1) is 11.3 Å². The minimum absolute atomic E-state index is 0.0572. The maximum Gasteiger partial charge on any atom is 0.325 e. The van der Waals surface area contributed by atoms with Crippen molar-refractivity contribution in [3.63, 3.8) is 0 Å². The smallest absolute Gasteiger partial charge is 0.325 e. The normalized spacial score (nSPS) is 11.7. The number of carboxylic acid groups (broad SMARTS) is 1. The van der Waals surface area contributed by atoms with Gasteiger partial charge in [0.1, 0.15) is 11.4 Å². The van der Waals surface area contributed by atoms with E-state index >= 15 is 0 Å². The van der Waals surface area contributed by atoms with E-state index in [-0.39, 0.29) is 18.0 Å². The summed E-state index contributed by atoms with van der Waals surface area (Å²) in [5.74, 6) is -1.09. The van der Waals surface area contributed by atoms with Crippen LogP contribution >= 0.6 is 11.3 Å². The van der Waals surface area contributed by atoms with Gasteiger partial charge in [0.2, 0.25) is 10.0 Å². The number of nitrogens with zero attached hydrogens (tertiary/aromatic N) is 3. The molecular weight excluding hydrogens is 316 g/mol. The summed E-state index contributed by atoms with van der Waals surface area (Å²) in [4.78, 5) is 14.7. The van der Waals surface area contributed by atoms with E-state index < -0.39 is 16.0 Å². The van der Waals surface area contributed by atoms with Crippen LogP contribution < -0.4 is 4.72 Å². The van der Waals surface area contributed by atoms with E-state index in [4.69, 9.17) is 5.11 Å². The van der Waals surface area contributed by atoms with E-state index in [9.17, 15) is 13.2 Å². The monoisotopic (exact) mass is 330 g/mol. The van der Waals surface area contributed by atoms with Gasteiger partial charge in [-0.3, -0.25) is 9.48 Å². The largest absolute Gasteiger partial charge is 0.480 e. The molecule has 2 aromatic rings. The van der Waals surface area contributed by atoms with Crippen LogP contribution in [-0.2, 0) is 27.8 Å². The van der Waals surface area contributed by atoms with Crippen molar-refractivity contribution in [2.24, 2.45) is 0 Å². The minimum atomic E-state index is -3.69. The molecule has 21 heavy (non-hydrogen) atoms. The molecule has 0 radical (unpaired) electrons. The van der Waals surface area contributed by atoms with Gasteiger partial charge in [0.25, 0.3) is 0 Å². The topological polar surface area (TPSA) is 114 Å². The molecule has 0 amide bonds. The molecule has 0 saturated heterocycles. The van der Waals surface area contributed by atoms with Gasteiger partial charge in [-0.25, -0.2) is 18.1 Å². The second-order valence-corrected chi connectivity index (χ2v) is 7.10. The Hall–Kier alpha value is -1.78. The lowest BCUT2D eigenvalue weighted by molar-refractivity contribution is -0.137. The van der Waals surface area contributed by atoms with Crippen molar-refractivity contribution < 1.29 is 18.3 Å². The first-order chi connectivity index (χ1) is 9.87. The summed E-state index contributed by atoms with van der Waals surface area (Å²) >= 11 is 1.51. The fourth-order valence-corrected chi connectivity index (χ4v) is 3.26. The molecule has 0 unspecified atom stereocenters. The quantitative estimate of drug-likeness (QED) is 0.752. The van der Waals surface area contributed by atoms with E-state index in [1.807, 2.05) is 12.3 Å². The van der Waals surface area contributed by atoms with Crippen LogP contribution in [0.25, 0.3) is 0 Å². The highest BCUT2D eigenvalue weighted by molar-refractivity contribution is 7.89. The molecule has 10 heteroatoms. The maximum atomic E-state index is 12.0. The number of carboxylic acids is 1. The summed E-state index contributed by atoms with van der Waals surface area (Å²) < 4.78 is 27.5. The lowest BCUT2D eigenvalue weighted by Gasteiger charge is -2.03. The molecular formula is C11H14N4O4S2. The zero-order valence-electron chi connectivity index (χ0n) is 11.2. The van der Waals surface area contributed by atoms with Crippen LogP contribution in [0, 0.1) is 6.92 Å². The minimum Gasteiger partial charge on any atom is -0.480 e. The average Bonchev–Trinajstić information content (AvgIpc) is 2.98. The summed E-state index contributed by atoms with van der Waals surface area (Å²) in [6.45, 7) is 1.72. The Labute approximate surface area is 125 Å². The van der Waals surface area contributed by atoms with E-state index in [0.29, 0.717) is 6.42 Å². The van der Waals surface area contributed by atoms with Gasteiger partial charge in [0, 0.05) is 24.5 Å². The van der Waals surface area contributed by atoms with Gasteiger partial charge in [-0.1, -0.05) is 0 Å². The second-order valence-electron chi connectivity index (χ2n) is 4.27. The Morgan fingerprint density at radius 2 is 2.29 bits per heavy atom. The molecule has 0 fully saturated rings. The number of carbonyl (C=O) groups is 1. The predicted octanol–water partition coefficient (Wildman–Crippen LogP) is 0.254. The van der Waals surface area contributed by atoms with Gasteiger partial charge in [0.15, 0.2) is 0 Å². The zero-order chi connectivity index (χ0) is 15.5. The third-order valence-electron chi connectivity index (χ3n) is 2.56. The number of sulfonamides is 1. The SMILES string of the molecule is Cc1nc(CCNS(=O)(=O)c2cnn(CC(=O)O)c2)cs1. The van der Waals surface area contributed by atoms with Gasteiger partial charge in [-0.05, 0) is 6.92 Å². The van der Waals surface area contributed by atoms with Crippen molar-refractivity contribution in [1.82, 2.24) is 19.5 Å². The zero-order valence-corrected chi connectivity index (χ0v) is 12.8. The predicted molar refractivity (Wildman–Crippen MR) is 75.6 cm³/mol. The molecule has 0 aliphatic rings. The maximum absolute atomic E-state index is 12.0. The molecule has 114 valence electrons. The lowest BCUT2D eigenvalue weighted by atomic mass is 10.3. The summed E-state index contributed by atoms with van der Waals surface area (Å²) in [6, 6.07) is 0. The first kappa shape index (κ1) is 15.6. The number of hydrogen-bond donors (Lipinski definition) is 2. The molecule has 2 rings (SSSR count). The van der Waals surface area contributed by atoms with Crippen molar-refractivity contribution in [1.29, 1.82) is 0 Å². The molecule has 0 bridgehead atoms. The summed E-state index contributed by atoms with van der Waals surface area (Å²) in [5, 5.41) is 15.1. The fraction of sp³-hybridized carbons (Fsp3) is 0.364. The molecule has 0 aliphatic carbocycles. The van der Waals surface area contributed by atoms with Crippen LogP contribution in [0.5, 0.6) is 0 Å². The molecule has 2 heterocycles. The number of thiazole rings is 1. The Kier molecular flexibility index (Phi) is 4.70. The highest BCUT2D eigenvalue weighted by Crippen LogP contribution is 2.09. The number of nitrogens with one attached hydrogen (secondary N) is 1. The Morgan fingerprint density at radius 3 is 2.90 bits per heavy atom. The first-order valence-corrected chi connectivity index (χ1v) is 8.38. The van der Waals surface area contributed by atoms with Gasteiger partial charge >= 0.3 is 5.97 Å². The van der Waals surface area contributed by atoms with Crippen molar-refractivity contribution in [3.05, 3.63) is 28.5 Å². The third-order valence-corrected chi connectivity index (χ3v) is 4.79. The molecule has 8 nitrogen and oxygen atoms in total. The van der Waals surface area contributed by atoms with Gasteiger partial charge in [-0.2, -0.15) is 5.10 Å². The van der Waals surface area contributed by atoms with Crippen molar-refractivity contribution >= 4 is 27.3 Å². The van der Waals surface area contributed by atoms with E-state index in [1.54, 1.807) is 0 Å². The Morgan fingerprint density at radius 1 is 1.52 bits per heavy atom. The molecule has 0 atom stereocenters. The molecule has 0 saturated carbocycles. The standard InChI is InChI=1S/C11H14N4O4S2/c1-8-14-9(7-20-8)2-3-13-21(18,19)10-4-12-15(5-10)6-11(16)17/h4-5,7,13H,2-3,6H2,1H3,(H,16,17). The Balaban J connectivity index is 1.94. The fourth-order valence-electron chi connectivity index (χ4n) is 1.63. The van der Waals surface area contributed by atoms with Gasteiger partial charge in [0.05, 0.1) is 16.9 Å². The summed E-state index contributed by atoms with van der Waals surface area (Å²) in [6.07, 6.45) is 2.80. The number of hydrogen-bond acceptors (Lipinski definition) is 6. The Bertz CT molecular complexity index is 735. The van der Waals surface area contributed by atoms with Crippen molar-refractivity contribution in [3.8, 4) is 0 Å². The molecule has 2 N–H and O–H groups in total. The van der Waals surface area contributed by atoms with Gasteiger partial charge < -0.3 is 5.11 Å². The molecule has 2 aromatic heterocycles. The second kappa shape index (κ2) is 6.33. The molecule has 0 aromatic carbocycles. The number of aryl methyl sites for hydroxylation is 1. The lowest BCUT2D eigenvalue weighted by Crippen LogP contribution is -2.25. The van der Waals surface area contributed by atoms with Crippen LogP contribution in [0.1, 0.15) is 10.7 Å². The van der Waals surface area contributed by atoms with E-state index in [2.05, 4.69) is 14.8 Å². The third kappa shape index (κ3) is 4.34. The number of aliphatic carboxylic acids is 1. The van der Waals surface area contributed by atoms with Crippen LogP contribution in [0.3, 0.4) is 0 Å².